The van der Waals surface area contributed by atoms with E-state index in [-0.39, 0.29) is 30.0 Å². The van der Waals surface area contributed by atoms with Crippen LogP contribution in [0.4, 0.5) is 0 Å². The van der Waals surface area contributed by atoms with E-state index in [4.69, 9.17) is 9.47 Å². The van der Waals surface area contributed by atoms with Gasteiger partial charge in [-0.3, -0.25) is 19.4 Å². The predicted molar refractivity (Wildman–Crippen MR) is 176 cm³/mol. The highest BCUT2D eigenvalue weighted by atomic mass is 16.5. The molecule has 1 aliphatic heterocycles. The van der Waals surface area contributed by atoms with Crippen LogP contribution in [0.5, 0.6) is 5.75 Å². The Hall–Kier alpha value is -4.04. The number of fused-ring (bicyclic) bond motifs is 1. The van der Waals surface area contributed by atoms with Crippen molar-refractivity contribution in [3.05, 3.63) is 107 Å². The van der Waals surface area contributed by atoms with Gasteiger partial charge < -0.3 is 9.47 Å². The summed E-state index contributed by atoms with van der Waals surface area (Å²) in [5.74, 6) is 0.479. The van der Waals surface area contributed by atoms with E-state index < -0.39 is 0 Å². The number of aromatic nitrogens is 4. The molecule has 2 aromatic carbocycles. The van der Waals surface area contributed by atoms with Gasteiger partial charge in [0.05, 0.1) is 11.6 Å². The number of carbonyl (C=O) groups excluding carboxylic acids is 1. The molecular weight excluding hydrogens is 562 g/mol. The Morgan fingerprint density at radius 1 is 1.09 bits per heavy atom. The average Bonchev–Trinajstić information content (AvgIpc) is 3.44. The van der Waals surface area contributed by atoms with Gasteiger partial charge in [-0.25, -0.2) is 0 Å². The minimum Gasteiger partial charge on any atom is -0.486 e. The van der Waals surface area contributed by atoms with Crippen molar-refractivity contribution in [3.63, 3.8) is 0 Å². The zero-order valence-electron chi connectivity index (χ0n) is 27.4. The molecule has 45 heavy (non-hydrogen) atoms. The van der Waals surface area contributed by atoms with Gasteiger partial charge >= 0.3 is 5.97 Å². The molecule has 0 saturated heterocycles. The van der Waals surface area contributed by atoms with Crippen molar-refractivity contribution in [1.82, 2.24) is 24.9 Å². The number of hydrogen-bond acceptors (Lipinski definition) is 7. The molecule has 5 rings (SSSR count). The predicted octanol–water partition coefficient (Wildman–Crippen LogP) is 7.05. The maximum atomic E-state index is 13.8. The molecule has 0 bridgehead atoms. The summed E-state index contributed by atoms with van der Waals surface area (Å²) >= 11 is 0. The second-order valence-corrected chi connectivity index (χ2v) is 12.9. The van der Waals surface area contributed by atoms with Crippen molar-refractivity contribution in [2.45, 2.75) is 98.1 Å². The number of benzene rings is 2. The Morgan fingerprint density at radius 3 is 2.67 bits per heavy atom. The molecule has 3 heterocycles. The highest BCUT2D eigenvalue weighted by Crippen LogP contribution is 2.36. The molecule has 0 fully saturated rings. The molecule has 0 N–H and O–H groups in total. The topological polar surface area (TPSA) is 82.4 Å². The van der Waals surface area contributed by atoms with Crippen LogP contribution < -0.4 is 4.74 Å². The van der Waals surface area contributed by atoms with Gasteiger partial charge in [-0.1, -0.05) is 67.1 Å². The lowest BCUT2D eigenvalue weighted by Crippen LogP contribution is -2.40. The number of esters is 1. The first-order valence-electron chi connectivity index (χ1n) is 16.3. The van der Waals surface area contributed by atoms with Crippen LogP contribution in [-0.4, -0.2) is 43.0 Å². The summed E-state index contributed by atoms with van der Waals surface area (Å²) in [6.07, 6.45) is 8.87. The minimum atomic E-state index is -0.342. The fourth-order valence-corrected chi connectivity index (χ4v) is 6.38. The molecule has 1 aliphatic rings. The van der Waals surface area contributed by atoms with E-state index in [1.54, 1.807) is 6.20 Å². The first-order chi connectivity index (χ1) is 21.7. The van der Waals surface area contributed by atoms with Crippen molar-refractivity contribution in [3.8, 4) is 5.75 Å². The van der Waals surface area contributed by atoms with Crippen LogP contribution in [0.1, 0.15) is 86.4 Å². The van der Waals surface area contributed by atoms with Crippen molar-refractivity contribution < 1.29 is 14.3 Å². The molecule has 4 aromatic rings. The number of rotatable bonds is 13. The number of carbonyl (C=O) groups is 1. The first kappa shape index (κ1) is 32.4. The van der Waals surface area contributed by atoms with E-state index in [9.17, 15) is 4.79 Å². The summed E-state index contributed by atoms with van der Waals surface area (Å²) in [7, 11) is 0. The van der Waals surface area contributed by atoms with Crippen LogP contribution in [0.25, 0.3) is 0 Å². The molecule has 0 saturated carbocycles. The third-order valence-corrected chi connectivity index (χ3v) is 8.67. The first-order valence-corrected chi connectivity index (χ1v) is 16.3. The van der Waals surface area contributed by atoms with E-state index in [1.165, 1.54) is 16.7 Å². The highest BCUT2D eigenvalue weighted by Gasteiger charge is 2.32. The highest BCUT2D eigenvalue weighted by molar-refractivity contribution is 5.74. The minimum absolute atomic E-state index is 0.0202. The molecule has 2 unspecified atom stereocenters. The summed E-state index contributed by atoms with van der Waals surface area (Å²) in [5.41, 5.74) is 6.35. The molecule has 0 amide bonds. The van der Waals surface area contributed by atoms with E-state index in [0.717, 1.165) is 74.4 Å². The summed E-state index contributed by atoms with van der Waals surface area (Å²) in [6.45, 7) is 14.0. The van der Waals surface area contributed by atoms with E-state index in [0.29, 0.717) is 0 Å². The van der Waals surface area contributed by atoms with Crippen LogP contribution >= 0.6 is 0 Å². The van der Waals surface area contributed by atoms with Crippen molar-refractivity contribution in [2.24, 2.45) is 5.92 Å². The summed E-state index contributed by atoms with van der Waals surface area (Å²) in [5, 5.41) is 8.65. The van der Waals surface area contributed by atoms with Gasteiger partial charge in [0, 0.05) is 50.3 Å². The number of pyridine rings is 1. The number of hydrogen-bond donors (Lipinski definition) is 0. The Bertz CT molecular complexity index is 1550. The van der Waals surface area contributed by atoms with E-state index in [2.05, 4.69) is 73.0 Å². The summed E-state index contributed by atoms with van der Waals surface area (Å²) in [6, 6.07) is 18.6. The smallest absolute Gasteiger partial charge is 0.309 e. The maximum Gasteiger partial charge on any atom is 0.309 e. The monoisotopic (exact) mass is 609 g/mol. The molecule has 8 nitrogen and oxygen atoms in total. The van der Waals surface area contributed by atoms with Crippen LogP contribution in [0, 0.1) is 12.8 Å². The van der Waals surface area contributed by atoms with Crippen molar-refractivity contribution in [1.29, 1.82) is 0 Å². The fourth-order valence-electron chi connectivity index (χ4n) is 6.38. The van der Waals surface area contributed by atoms with Crippen molar-refractivity contribution in [2.75, 3.05) is 6.54 Å². The van der Waals surface area contributed by atoms with E-state index >= 15 is 0 Å². The molecular formula is C37H47N5O3. The van der Waals surface area contributed by atoms with Gasteiger partial charge in [0.15, 0.2) is 0 Å². The molecule has 2 atom stereocenters. The molecule has 0 radical (unpaired) electrons. The lowest BCUT2D eigenvalue weighted by atomic mass is 9.79. The zero-order valence-corrected chi connectivity index (χ0v) is 27.4. The number of aryl methyl sites for hydroxylation is 3. The van der Waals surface area contributed by atoms with Gasteiger partial charge in [0.25, 0.3) is 0 Å². The summed E-state index contributed by atoms with van der Waals surface area (Å²) in [4.78, 5) is 20.6. The van der Waals surface area contributed by atoms with Crippen LogP contribution in [0.2, 0.25) is 0 Å². The largest absolute Gasteiger partial charge is 0.486 e. The molecule has 8 heteroatoms. The van der Waals surface area contributed by atoms with Crippen LogP contribution in [-0.2, 0) is 42.2 Å². The number of nitrogens with zero attached hydrogens (tertiary/aromatic N) is 5. The lowest BCUT2D eigenvalue weighted by Gasteiger charge is -2.30. The molecule has 0 spiro atoms. The maximum absolute atomic E-state index is 13.8. The Morgan fingerprint density at radius 2 is 1.91 bits per heavy atom. The van der Waals surface area contributed by atoms with E-state index in [1.807, 2.05) is 53.5 Å². The normalized spacial score (nSPS) is 15.8. The molecule has 2 aromatic heterocycles. The SMILES string of the molecule is CCCC(C(=O)OCc1ccccc1)C(CCc1cn(CC)nn1)c1ccc(C)c(CN2Cc3cnccc3OC(C)(C)C2)c1. The van der Waals surface area contributed by atoms with Gasteiger partial charge in [-0.2, -0.15) is 0 Å². The average molecular weight is 610 g/mol. The third kappa shape index (κ3) is 8.57. The zero-order chi connectivity index (χ0) is 31.8. The Balaban J connectivity index is 1.42. The summed E-state index contributed by atoms with van der Waals surface area (Å²) < 4.78 is 14.2. The lowest BCUT2D eigenvalue weighted by molar-refractivity contribution is -0.151. The molecule has 0 aliphatic carbocycles. The van der Waals surface area contributed by atoms with Crippen LogP contribution in [0.3, 0.4) is 0 Å². The van der Waals surface area contributed by atoms with Gasteiger partial charge in [-0.05, 0) is 81.2 Å². The second kappa shape index (κ2) is 14.8. The van der Waals surface area contributed by atoms with Gasteiger partial charge in [0.1, 0.15) is 18.0 Å². The third-order valence-electron chi connectivity index (χ3n) is 8.67. The second-order valence-electron chi connectivity index (χ2n) is 12.9. The van der Waals surface area contributed by atoms with Crippen LogP contribution in [0.15, 0.2) is 73.2 Å². The van der Waals surface area contributed by atoms with Gasteiger partial charge in [0.2, 0.25) is 0 Å². The standard InChI is InChI=1S/C37H47N5O3/c1-6-11-34(36(43)44-25-28-12-9-8-10-13-28)33(17-16-32-24-42(7-2)40-39-32)29-15-14-27(3)30(20-29)22-41-23-31-21-38-19-18-35(31)45-37(4,5)26-41/h8-10,12-15,18-21,24,33-34H,6-7,11,16-17,22-23,25-26H2,1-5H3. The fraction of sp³-hybridized carbons (Fsp3) is 0.459. The Kier molecular flexibility index (Phi) is 10.7. The molecule has 238 valence electrons. The Labute approximate surface area is 267 Å². The van der Waals surface area contributed by atoms with Crippen molar-refractivity contribution >= 4 is 5.97 Å². The van der Waals surface area contributed by atoms with Gasteiger partial charge in [-0.15, -0.1) is 5.10 Å². The quantitative estimate of drug-likeness (QED) is 0.150. The number of ether oxygens (including phenoxy) is 2.